The summed E-state index contributed by atoms with van der Waals surface area (Å²) in [5.74, 6) is 3.09. The summed E-state index contributed by atoms with van der Waals surface area (Å²) in [5.41, 5.74) is 5.49. The highest BCUT2D eigenvalue weighted by Crippen LogP contribution is 2.05. The fourth-order valence-corrected chi connectivity index (χ4v) is 1.90. The fraction of sp³-hybridized carbons (Fsp3) is 0.667. The van der Waals surface area contributed by atoms with Crippen LogP contribution in [-0.2, 0) is 6.54 Å². The van der Waals surface area contributed by atoms with E-state index in [0.717, 1.165) is 6.54 Å². The number of aryl methyl sites for hydroxylation is 1. The third-order valence-corrected chi connectivity index (χ3v) is 2.96. The molecule has 1 heterocycles. The Balaban J connectivity index is 2.06. The van der Waals surface area contributed by atoms with Gasteiger partial charge in [-0.15, -0.1) is 0 Å². The largest absolute Gasteiger partial charge is 0.382 e. The van der Waals surface area contributed by atoms with Crippen molar-refractivity contribution in [1.29, 1.82) is 0 Å². The fourth-order valence-electron chi connectivity index (χ4n) is 1.08. The molecule has 1 aromatic rings. The minimum atomic E-state index is 0.612. The van der Waals surface area contributed by atoms with Crippen molar-refractivity contribution in [1.82, 2.24) is 9.78 Å². The molecular weight excluding hydrogens is 182 g/mol. The number of nitrogens with two attached hydrogens (primary N) is 1. The lowest BCUT2D eigenvalue weighted by molar-refractivity contribution is 0.608. The van der Waals surface area contributed by atoms with Gasteiger partial charge in [-0.1, -0.05) is 6.92 Å². The van der Waals surface area contributed by atoms with E-state index in [1.54, 1.807) is 0 Å². The van der Waals surface area contributed by atoms with E-state index in [-0.39, 0.29) is 0 Å². The molecular formula is C9H17N3S. The van der Waals surface area contributed by atoms with Crippen molar-refractivity contribution in [3.63, 3.8) is 0 Å². The Hall–Kier alpha value is -0.640. The predicted molar refractivity (Wildman–Crippen MR) is 58.9 cm³/mol. The lowest BCUT2D eigenvalue weighted by Crippen LogP contribution is -2.00. The molecule has 0 bridgehead atoms. The highest BCUT2D eigenvalue weighted by molar-refractivity contribution is 7.99. The molecule has 0 aliphatic rings. The first-order chi connectivity index (χ1) is 6.33. The first-order valence-corrected chi connectivity index (χ1v) is 5.85. The van der Waals surface area contributed by atoms with Crippen molar-refractivity contribution in [3.8, 4) is 0 Å². The van der Waals surface area contributed by atoms with E-state index in [1.165, 1.54) is 24.3 Å². The summed E-state index contributed by atoms with van der Waals surface area (Å²) < 4.78 is 1.90. The van der Waals surface area contributed by atoms with Crippen molar-refractivity contribution >= 4 is 17.6 Å². The van der Waals surface area contributed by atoms with Gasteiger partial charge in [0.1, 0.15) is 5.82 Å². The Morgan fingerprint density at radius 3 is 3.00 bits per heavy atom. The van der Waals surface area contributed by atoms with E-state index in [0.29, 0.717) is 5.82 Å². The van der Waals surface area contributed by atoms with Crippen LogP contribution in [0.5, 0.6) is 0 Å². The Kier molecular flexibility index (Phi) is 4.75. The molecule has 0 saturated carbocycles. The SMILES string of the molecule is CCCSCCCn1ccc(N)n1. The molecule has 0 radical (unpaired) electrons. The summed E-state index contributed by atoms with van der Waals surface area (Å²) in [7, 11) is 0. The molecule has 0 aliphatic heterocycles. The Bertz CT molecular complexity index is 235. The molecule has 0 atom stereocenters. The van der Waals surface area contributed by atoms with Gasteiger partial charge in [0.25, 0.3) is 0 Å². The molecule has 0 aliphatic carbocycles. The van der Waals surface area contributed by atoms with Gasteiger partial charge in [-0.3, -0.25) is 4.68 Å². The third-order valence-electron chi connectivity index (χ3n) is 1.69. The second-order valence-corrected chi connectivity index (χ2v) is 4.19. The number of hydrogen-bond acceptors (Lipinski definition) is 3. The number of nitrogen functional groups attached to an aromatic ring is 1. The van der Waals surface area contributed by atoms with E-state index < -0.39 is 0 Å². The number of nitrogens with zero attached hydrogens (tertiary/aromatic N) is 2. The molecule has 0 spiro atoms. The minimum Gasteiger partial charge on any atom is -0.382 e. The molecule has 1 rings (SSSR count). The van der Waals surface area contributed by atoms with E-state index in [9.17, 15) is 0 Å². The lowest BCUT2D eigenvalue weighted by Gasteiger charge is -2.00. The van der Waals surface area contributed by atoms with Gasteiger partial charge in [0.15, 0.2) is 0 Å². The number of aromatic nitrogens is 2. The van der Waals surface area contributed by atoms with Crippen molar-refractivity contribution in [2.75, 3.05) is 17.2 Å². The van der Waals surface area contributed by atoms with E-state index >= 15 is 0 Å². The van der Waals surface area contributed by atoms with Crippen LogP contribution in [0.1, 0.15) is 19.8 Å². The molecule has 2 N–H and O–H groups in total. The zero-order chi connectivity index (χ0) is 9.52. The van der Waals surface area contributed by atoms with Crippen LogP contribution >= 0.6 is 11.8 Å². The third kappa shape index (κ3) is 4.22. The first-order valence-electron chi connectivity index (χ1n) is 4.69. The van der Waals surface area contributed by atoms with Gasteiger partial charge in [-0.2, -0.15) is 16.9 Å². The molecule has 13 heavy (non-hydrogen) atoms. The maximum absolute atomic E-state index is 5.49. The summed E-state index contributed by atoms with van der Waals surface area (Å²) >= 11 is 2.01. The lowest BCUT2D eigenvalue weighted by atomic mass is 10.5. The van der Waals surface area contributed by atoms with Gasteiger partial charge < -0.3 is 5.73 Å². The van der Waals surface area contributed by atoms with Crippen LogP contribution in [0.4, 0.5) is 5.82 Å². The Labute approximate surface area is 83.7 Å². The van der Waals surface area contributed by atoms with E-state index in [4.69, 9.17) is 5.73 Å². The number of anilines is 1. The molecule has 4 heteroatoms. The standard InChI is InChI=1S/C9H17N3S/c1-2-7-13-8-3-5-12-6-4-9(10)11-12/h4,6H,2-3,5,7-8H2,1H3,(H2,10,11). The molecule has 0 fully saturated rings. The predicted octanol–water partition coefficient (Wildman–Crippen LogP) is 2.00. The quantitative estimate of drug-likeness (QED) is 0.713. The number of rotatable bonds is 6. The molecule has 0 unspecified atom stereocenters. The monoisotopic (exact) mass is 199 g/mol. The van der Waals surface area contributed by atoms with E-state index in [2.05, 4.69) is 12.0 Å². The Morgan fingerprint density at radius 2 is 2.38 bits per heavy atom. The van der Waals surface area contributed by atoms with E-state index in [1.807, 2.05) is 28.7 Å². The van der Waals surface area contributed by atoms with Gasteiger partial charge in [-0.05, 0) is 30.4 Å². The van der Waals surface area contributed by atoms with Gasteiger partial charge in [-0.25, -0.2) is 0 Å². The zero-order valence-electron chi connectivity index (χ0n) is 8.07. The second-order valence-electron chi connectivity index (χ2n) is 2.97. The molecule has 0 saturated heterocycles. The molecule has 1 aromatic heterocycles. The van der Waals surface area contributed by atoms with Crippen molar-refractivity contribution in [3.05, 3.63) is 12.3 Å². The number of thioether (sulfide) groups is 1. The summed E-state index contributed by atoms with van der Waals surface area (Å²) in [5, 5.41) is 4.11. The van der Waals surface area contributed by atoms with Crippen LogP contribution in [0, 0.1) is 0 Å². The van der Waals surface area contributed by atoms with Gasteiger partial charge >= 0.3 is 0 Å². The molecule has 0 amide bonds. The zero-order valence-corrected chi connectivity index (χ0v) is 8.89. The summed E-state index contributed by atoms with van der Waals surface area (Å²) in [6, 6.07) is 1.83. The first kappa shape index (κ1) is 10.4. The Morgan fingerprint density at radius 1 is 1.54 bits per heavy atom. The van der Waals surface area contributed by atoms with Gasteiger partial charge in [0.2, 0.25) is 0 Å². The van der Waals surface area contributed by atoms with Crippen molar-refractivity contribution in [2.45, 2.75) is 26.3 Å². The summed E-state index contributed by atoms with van der Waals surface area (Å²) in [6.07, 6.45) is 4.37. The molecule has 3 nitrogen and oxygen atoms in total. The van der Waals surface area contributed by atoms with Crippen LogP contribution in [0.3, 0.4) is 0 Å². The highest BCUT2D eigenvalue weighted by Gasteiger charge is 1.94. The topological polar surface area (TPSA) is 43.8 Å². The minimum absolute atomic E-state index is 0.612. The average Bonchev–Trinajstić information content (AvgIpc) is 2.51. The van der Waals surface area contributed by atoms with Gasteiger partial charge in [0, 0.05) is 12.7 Å². The van der Waals surface area contributed by atoms with Crippen molar-refractivity contribution in [2.24, 2.45) is 0 Å². The molecule has 0 aromatic carbocycles. The number of hydrogen-bond donors (Lipinski definition) is 1. The van der Waals surface area contributed by atoms with Crippen LogP contribution < -0.4 is 5.73 Å². The van der Waals surface area contributed by atoms with Crippen LogP contribution in [-0.4, -0.2) is 21.3 Å². The van der Waals surface area contributed by atoms with Crippen LogP contribution in [0.2, 0.25) is 0 Å². The summed E-state index contributed by atoms with van der Waals surface area (Å²) in [6.45, 7) is 3.19. The van der Waals surface area contributed by atoms with Crippen LogP contribution in [0.15, 0.2) is 12.3 Å². The van der Waals surface area contributed by atoms with Crippen LogP contribution in [0.25, 0.3) is 0 Å². The van der Waals surface area contributed by atoms with Gasteiger partial charge in [0.05, 0.1) is 0 Å². The maximum atomic E-state index is 5.49. The molecule has 74 valence electrons. The smallest absolute Gasteiger partial charge is 0.145 e. The maximum Gasteiger partial charge on any atom is 0.145 e. The normalized spacial score (nSPS) is 10.5. The average molecular weight is 199 g/mol. The highest BCUT2D eigenvalue weighted by atomic mass is 32.2. The summed E-state index contributed by atoms with van der Waals surface area (Å²) in [4.78, 5) is 0. The second kappa shape index (κ2) is 5.91. The van der Waals surface area contributed by atoms with Crippen molar-refractivity contribution < 1.29 is 0 Å².